The number of allylic oxidation sites excluding steroid dienone is 4. The van der Waals surface area contributed by atoms with Gasteiger partial charge in [-0.15, -0.1) is 0 Å². The van der Waals surface area contributed by atoms with Crippen LogP contribution in [0.4, 0.5) is 0 Å². The van der Waals surface area contributed by atoms with E-state index < -0.39 is 5.92 Å². The minimum absolute atomic E-state index is 0.0346. The number of benzene rings is 1. The zero-order valence-corrected chi connectivity index (χ0v) is 18.3. The minimum Gasteiger partial charge on any atom is -0.493 e. The Morgan fingerprint density at radius 1 is 1.24 bits per heavy atom. The van der Waals surface area contributed by atoms with Gasteiger partial charge in [0, 0.05) is 5.92 Å². The first-order valence-electron chi connectivity index (χ1n) is 10.1. The monoisotopic (exact) mass is 396 g/mol. The molecule has 156 valence electrons. The number of methoxy groups -OCH3 is 1. The fraction of sp³-hybridized carbons (Fsp3) is 0.440. The summed E-state index contributed by atoms with van der Waals surface area (Å²) in [6.07, 6.45) is 11.2. The number of carbonyl (C=O) groups is 2. The third-order valence-corrected chi connectivity index (χ3v) is 5.51. The minimum atomic E-state index is -0.551. The number of carbonyl (C=O) groups excluding carboxylic acids is 2. The highest BCUT2D eigenvalue weighted by Gasteiger charge is 2.41. The van der Waals surface area contributed by atoms with Crippen molar-refractivity contribution in [1.29, 1.82) is 0 Å². The van der Waals surface area contributed by atoms with Gasteiger partial charge in [0.1, 0.15) is 0 Å². The molecule has 0 fully saturated rings. The molecule has 2 atom stereocenters. The SMILES string of the molecule is CC=Cc1ccc(OC(=O)C(C=CC(C)=O)C2C(C)=CCCC2(C)C)c(OC)c1. The van der Waals surface area contributed by atoms with Crippen LogP contribution in [0.3, 0.4) is 0 Å². The van der Waals surface area contributed by atoms with E-state index in [0.717, 1.165) is 24.0 Å². The first-order chi connectivity index (χ1) is 13.7. The van der Waals surface area contributed by atoms with Crippen molar-refractivity contribution in [3.63, 3.8) is 0 Å². The molecule has 4 heteroatoms. The number of ketones is 1. The predicted octanol–water partition coefficient (Wildman–Crippen LogP) is 5.78. The topological polar surface area (TPSA) is 52.6 Å². The zero-order chi connectivity index (χ0) is 21.6. The normalized spacial score (nSPS) is 19.8. The lowest BCUT2D eigenvalue weighted by molar-refractivity contribution is -0.140. The van der Waals surface area contributed by atoms with Crippen molar-refractivity contribution in [2.24, 2.45) is 17.3 Å². The highest BCUT2D eigenvalue weighted by Crippen LogP contribution is 2.46. The van der Waals surface area contributed by atoms with Crippen LogP contribution in [-0.2, 0) is 9.59 Å². The molecule has 0 saturated heterocycles. The average Bonchev–Trinajstić information content (AvgIpc) is 2.64. The number of esters is 1. The fourth-order valence-corrected chi connectivity index (χ4v) is 4.15. The molecule has 0 saturated carbocycles. The van der Waals surface area contributed by atoms with Gasteiger partial charge >= 0.3 is 5.97 Å². The van der Waals surface area contributed by atoms with Crippen molar-refractivity contribution in [3.05, 3.63) is 53.6 Å². The first kappa shape index (κ1) is 22.7. The number of ether oxygens (including phenoxy) is 2. The number of hydrogen-bond donors (Lipinski definition) is 0. The number of rotatable bonds is 7. The summed E-state index contributed by atoms with van der Waals surface area (Å²) in [6, 6.07) is 5.45. The molecule has 0 bridgehead atoms. The lowest BCUT2D eigenvalue weighted by Gasteiger charge is -2.41. The van der Waals surface area contributed by atoms with E-state index in [-0.39, 0.29) is 23.1 Å². The average molecular weight is 397 g/mol. The Morgan fingerprint density at radius 2 is 1.97 bits per heavy atom. The largest absolute Gasteiger partial charge is 0.493 e. The number of hydrogen-bond acceptors (Lipinski definition) is 4. The van der Waals surface area contributed by atoms with Crippen LogP contribution in [0.25, 0.3) is 6.08 Å². The van der Waals surface area contributed by atoms with E-state index in [1.54, 1.807) is 19.3 Å². The Kier molecular flexibility index (Phi) is 7.60. The predicted molar refractivity (Wildman–Crippen MR) is 117 cm³/mol. The quantitative estimate of drug-likeness (QED) is 0.254. The van der Waals surface area contributed by atoms with Gasteiger partial charge in [-0.3, -0.25) is 9.59 Å². The van der Waals surface area contributed by atoms with Crippen LogP contribution >= 0.6 is 0 Å². The van der Waals surface area contributed by atoms with E-state index >= 15 is 0 Å². The van der Waals surface area contributed by atoms with Gasteiger partial charge < -0.3 is 9.47 Å². The molecule has 1 aromatic rings. The van der Waals surface area contributed by atoms with Crippen LogP contribution in [0.15, 0.2) is 48.1 Å². The van der Waals surface area contributed by atoms with Crippen LogP contribution in [0, 0.1) is 17.3 Å². The van der Waals surface area contributed by atoms with Crippen LogP contribution in [0.5, 0.6) is 11.5 Å². The Labute approximate surface area is 174 Å². The van der Waals surface area contributed by atoms with Crippen molar-refractivity contribution >= 4 is 17.8 Å². The maximum absolute atomic E-state index is 13.3. The van der Waals surface area contributed by atoms with E-state index in [4.69, 9.17) is 9.47 Å². The maximum Gasteiger partial charge on any atom is 0.318 e. The molecule has 0 aromatic heterocycles. The van der Waals surface area contributed by atoms with Gasteiger partial charge in [0.2, 0.25) is 0 Å². The van der Waals surface area contributed by atoms with Gasteiger partial charge in [-0.2, -0.15) is 0 Å². The molecule has 0 radical (unpaired) electrons. The molecule has 29 heavy (non-hydrogen) atoms. The van der Waals surface area contributed by atoms with E-state index in [2.05, 4.69) is 26.8 Å². The second-order valence-electron chi connectivity index (χ2n) is 8.28. The Hall–Kier alpha value is -2.62. The first-order valence-corrected chi connectivity index (χ1v) is 10.1. The van der Waals surface area contributed by atoms with Gasteiger partial charge in [0.15, 0.2) is 17.3 Å². The third kappa shape index (κ3) is 5.69. The van der Waals surface area contributed by atoms with Crippen molar-refractivity contribution in [3.8, 4) is 11.5 Å². The van der Waals surface area contributed by atoms with E-state index in [1.807, 2.05) is 31.2 Å². The van der Waals surface area contributed by atoms with Crippen LogP contribution in [-0.4, -0.2) is 18.9 Å². The standard InChI is InChI=1S/C25H32O4/c1-7-9-19-12-14-21(22(16-19)28-6)29-24(27)20(13-11-18(3)26)23-17(2)10-8-15-25(23,4)5/h7,9-14,16,20,23H,8,15H2,1-6H3. The molecular formula is C25H32O4. The molecule has 0 spiro atoms. The zero-order valence-electron chi connectivity index (χ0n) is 18.3. The molecule has 4 nitrogen and oxygen atoms in total. The van der Waals surface area contributed by atoms with Crippen LogP contribution < -0.4 is 9.47 Å². The molecular weight excluding hydrogens is 364 g/mol. The third-order valence-electron chi connectivity index (χ3n) is 5.51. The van der Waals surface area contributed by atoms with Gasteiger partial charge in [-0.25, -0.2) is 0 Å². The fourth-order valence-electron chi connectivity index (χ4n) is 4.15. The van der Waals surface area contributed by atoms with Crippen molar-refractivity contribution in [1.82, 2.24) is 0 Å². The second kappa shape index (κ2) is 9.73. The van der Waals surface area contributed by atoms with Crippen LogP contribution in [0.2, 0.25) is 0 Å². The molecule has 0 aliphatic heterocycles. The summed E-state index contributed by atoms with van der Waals surface area (Å²) in [5.41, 5.74) is 2.04. The van der Waals surface area contributed by atoms with E-state index in [1.165, 1.54) is 13.0 Å². The molecule has 1 aliphatic rings. The lowest BCUT2D eigenvalue weighted by atomic mass is 9.63. The van der Waals surface area contributed by atoms with Gasteiger partial charge in [0.25, 0.3) is 0 Å². The van der Waals surface area contributed by atoms with E-state index in [9.17, 15) is 9.59 Å². The van der Waals surface area contributed by atoms with Gasteiger partial charge in [0.05, 0.1) is 13.0 Å². The highest BCUT2D eigenvalue weighted by atomic mass is 16.6. The highest BCUT2D eigenvalue weighted by molar-refractivity contribution is 5.88. The Morgan fingerprint density at radius 3 is 2.55 bits per heavy atom. The Bertz CT molecular complexity index is 842. The van der Waals surface area contributed by atoms with Crippen molar-refractivity contribution in [2.45, 2.75) is 47.5 Å². The summed E-state index contributed by atoms with van der Waals surface area (Å²) in [5.74, 6) is -0.183. The van der Waals surface area contributed by atoms with Crippen molar-refractivity contribution < 1.29 is 19.1 Å². The molecule has 1 aliphatic carbocycles. The summed E-state index contributed by atoms with van der Waals surface area (Å²) in [4.78, 5) is 24.8. The second-order valence-corrected chi connectivity index (χ2v) is 8.28. The molecule has 0 heterocycles. The van der Waals surface area contributed by atoms with Gasteiger partial charge in [-0.05, 0) is 62.8 Å². The summed E-state index contributed by atoms with van der Waals surface area (Å²) >= 11 is 0. The van der Waals surface area contributed by atoms with Gasteiger partial charge in [-0.1, -0.05) is 49.8 Å². The summed E-state index contributed by atoms with van der Waals surface area (Å²) in [5, 5.41) is 0. The maximum atomic E-state index is 13.3. The molecule has 0 N–H and O–H groups in total. The smallest absolute Gasteiger partial charge is 0.318 e. The molecule has 2 rings (SSSR count). The molecule has 1 aromatic carbocycles. The summed E-state index contributed by atoms with van der Waals surface area (Å²) in [6.45, 7) is 9.82. The summed E-state index contributed by atoms with van der Waals surface area (Å²) in [7, 11) is 1.55. The summed E-state index contributed by atoms with van der Waals surface area (Å²) < 4.78 is 11.2. The molecule has 0 amide bonds. The lowest BCUT2D eigenvalue weighted by Crippen LogP contribution is -2.38. The van der Waals surface area contributed by atoms with Crippen LogP contribution in [0.1, 0.15) is 53.0 Å². The Balaban J connectivity index is 2.39. The van der Waals surface area contributed by atoms with Crippen molar-refractivity contribution in [2.75, 3.05) is 7.11 Å². The van der Waals surface area contributed by atoms with E-state index in [0.29, 0.717) is 11.5 Å². The molecule has 2 unspecified atom stereocenters.